The molecule has 13 nitrogen and oxygen atoms in total. The smallest absolute Gasteiger partial charge is 0.250 e. The number of rotatable bonds is 13. The van der Waals surface area contributed by atoms with E-state index in [1.165, 1.54) is 6.07 Å². The summed E-state index contributed by atoms with van der Waals surface area (Å²) in [7, 11) is -10.4. The number of piperazine rings is 3. The van der Waals surface area contributed by atoms with Crippen LogP contribution in [0.5, 0.6) is 5.75 Å². The number of ether oxygens (including phenoxy) is 1. The molecule has 1 unspecified atom stereocenters. The zero-order valence-corrected chi connectivity index (χ0v) is 26.5. The van der Waals surface area contributed by atoms with E-state index in [0.29, 0.717) is 30.6 Å². The second-order valence-electron chi connectivity index (χ2n) is 11.4. The van der Waals surface area contributed by atoms with E-state index in [1.807, 2.05) is 0 Å². The molecule has 1 atom stereocenters. The fourth-order valence-corrected chi connectivity index (χ4v) is 10.0. The molecule has 2 aromatic carbocycles. The number of nitrogens with zero attached hydrogens (tertiary/aromatic N) is 6. The first-order valence-corrected chi connectivity index (χ1v) is 18.0. The molecule has 0 spiro atoms. The van der Waals surface area contributed by atoms with Crippen LogP contribution in [0.1, 0.15) is 23.3 Å². The third-order valence-corrected chi connectivity index (χ3v) is 13.0. The van der Waals surface area contributed by atoms with E-state index >= 15 is 4.39 Å². The zero-order chi connectivity index (χ0) is 32.5. The molecule has 3 aliphatic rings. The normalized spacial score (nSPS) is 22.1. The largest absolute Gasteiger partial charge is 0.809 e. The van der Waals surface area contributed by atoms with Gasteiger partial charge in [0.2, 0.25) is 0 Å². The molecule has 6 rings (SSSR count). The van der Waals surface area contributed by atoms with Gasteiger partial charge in [0.1, 0.15) is 80.1 Å². The van der Waals surface area contributed by atoms with Crippen molar-refractivity contribution in [1.29, 1.82) is 5.26 Å². The Morgan fingerprint density at radius 1 is 1.09 bits per heavy atom. The van der Waals surface area contributed by atoms with Crippen LogP contribution in [0, 0.1) is 23.0 Å². The van der Waals surface area contributed by atoms with Crippen LogP contribution in [0.4, 0.5) is 8.78 Å². The minimum Gasteiger partial charge on any atom is -0.809 e. The summed E-state index contributed by atoms with van der Waals surface area (Å²) in [6.45, 7) is 8.63. The number of benzene rings is 2. The van der Waals surface area contributed by atoms with Crippen molar-refractivity contribution in [3.8, 4) is 11.8 Å². The summed E-state index contributed by atoms with van der Waals surface area (Å²) in [5.41, 5.74) is 7.56. The van der Waals surface area contributed by atoms with Crippen LogP contribution in [0.15, 0.2) is 45.7 Å². The quantitative estimate of drug-likeness (QED) is 0.0716. The summed E-state index contributed by atoms with van der Waals surface area (Å²) in [5, 5.41) is 12.5. The summed E-state index contributed by atoms with van der Waals surface area (Å²) >= 11 is 0.656. The number of nitriles is 1. The minimum absolute atomic E-state index is 0.0374. The van der Waals surface area contributed by atoms with Gasteiger partial charge in [-0.3, -0.25) is 0 Å². The van der Waals surface area contributed by atoms with E-state index in [2.05, 4.69) is 10.0 Å². The second-order valence-corrected chi connectivity index (χ2v) is 16.0. The summed E-state index contributed by atoms with van der Waals surface area (Å²) < 4.78 is 76.9. The molecule has 18 heteroatoms. The fourth-order valence-electron chi connectivity index (χ4n) is 6.07. The Morgan fingerprint density at radius 3 is 2.36 bits per heavy atom. The highest BCUT2D eigenvalue weighted by atomic mass is 32.2. The van der Waals surface area contributed by atoms with E-state index in [4.69, 9.17) is 15.5 Å². The zero-order valence-electron chi connectivity index (χ0n) is 24.0. The van der Waals surface area contributed by atoms with Gasteiger partial charge in [-0.05, 0) is 43.0 Å². The van der Waals surface area contributed by atoms with Gasteiger partial charge in [0.25, 0.3) is 10.0 Å². The van der Waals surface area contributed by atoms with Crippen molar-refractivity contribution in [1.82, 2.24) is 4.72 Å². The molecule has 2 bridgehead atoms. The number of quaternary nitrogens is 2. The van der Waals surface area contributed by atoms with E-state index in [9.17, 15) is 27.2 Å². The molecule has 4 heterocycles. The van der Waals surface area contributed by atoms with Crippen molar-refractivity contribution in [3.05, 3.63) is 69.6 Å². The van der Waals surface area contributed by atoms with E-state index < -0.39 is 50.4 Å². The van der Waals surface area contributed by atoms with Gasteiger partial charge in [-0.15, -0.1) is 11.3 Å². The summed E-state index contributed by atoms with van der Waals surface area (Å²) in [5.74, 6) is -4.02. The van der Waals surface area contributed by atoms with Gasteiger partial charge in [0.15, 0.2) is 0 Å². The molecule has 0 aliphatic carbocycles. The third kappa shape index (κ3) is 7.30. The molecular weight excluding hydrogens is 651 g/mol. The number of fused-ring (bicyclic) bond motifs is 4. The molecular formula is C27H30F2N7O6PS2. The maximum Gasteiger partial charge on any atom is 0.250 e. The van der Waals surface area contributed by atoms with Gasteiger partial charge >= 0.3 is 0 Å². The third-order valence-electron chi connectivity index (χ3n) is 8.75. The van der Waals surface area contributed by atoms with Gasteiger partial charge in [0, 0.05) is 34.0 Å². The molecule has 240 valence electrons. The van der Waals surface area contributed by atoms with Crippen molar-refractivity contribution < 1.29 is 45.3 Å². The molecule has 3 fully saturated rings. The lowest BCUT2D eigenvalue weighted by Gasteiger charge is -2.55. The number of hydrogen-bond donors (Lipinski definition) is 1. The lowest BCUT2D eigenvalue weighted by atomic mass is 10.1. The molecule has 0 amide bonds. The topological polar surface area (TPSA) is 191 Å². The lowest BCUT2D eigenvalue weighted by molar-refractivity contribution is -1.08. The predicted molar refractivity (Wildman–Crippen MR) is 157 cm³/mol. The molecule has 1 N–H and O–H groups in total. The van der Waals surface area contributed by atoms with Gasteiger partial charge in [-0.2, -0.15) is 9.98 Å². The molecule has 3 aliphatic heterocycles. The molecule has 45 heavy (non-hydrogen) atoms. The molecule has 0 radical (unpaired) electrons. The molecule has 3 aromatic rings. The van der Waals surface area contributed by atoms with Crippen molar-refractivity contribution in [2.45, 2.75) is 16.4 Å². The van der Waals surface area contributed by atoms with Crippen LogP contribution in [-0.4, -0.2) is 82.9 Å². The Labute approximate surface area is 262 Å². The average Bonchev–Trinajstić information content (AvgIpc) is 3.45. The Bertz CT molecular complexity index is 1830. The standard InChI is InChI=1S/C27H30F2N7O6PS2/c28-23-14-19(2-3-20(23)18-30)27(43(37,38)39)33-45(40,41)26-17-22-24(29)15-21(16-25(22)44-26)42-13-12-36-9-6-35(7-10-36,8-11-36)5-1-4-32-34-31/h2-3,14-17,27,33H,1,4-13H2. The highest BCUT2D eigenvalue weighted by Crippen LogP contribution is 2.44. The highest BCUT2D eigenvalue weighted by molar-refractivity contribution is 7.92. The van der Waals surface area contributed by atoms with Gasteiger partial charge in [-0.25, -0.2) is 17.2 Å². The second kappa shape index (κ2) is 12.9. The van der Waals surface area contributed by atoms with Crippen LogP contribution < -0.4 is 19.2 Å². The molecule has 1 aromatic heterocycles. The lowest BCUT2D eigenvalue weighted by Crippen LogP contribution is -2.75. The van der Waals surface area contributed by atoms with Crippen molar-refractivity contribution in [2.75, 3.05) is 65.5 Å². The van der Waals surface area contributed by atoms with Crippen molar-refractivity contribution in [3.63, 3.8) is 0 Å². The van der Waals surface area contributed by atoms with Crippen LogP contribution in [0.2, 0.25) is 0 Å². The van der Waals surface area contributed by atoms with E-state index in [0.717, 1.165) is 92.0 Å². The number of hydrogen-bond acceptors (Lipinski definition) is 9. The van der Waals surface area contributed by atoms with E-state index in [-0.39, 0.29) is 15.8 Å². The summed E-state index contributed by atoms with van der Waals surface area (Å²) in [6.07, 6.45) is 0.860. The van der Waals surface area contributed by atoms with E-state index in [1.54, 1.807) is 10.8 Å². The first-order chi connectivity index (χ1) is 21.3. The SMILES string of the molecule is N#Cc1ccc(C(NS(=O)(=O)c2cc3c(F)cc(OCC[N+]45CC[N+](CCCN=[N+]=[N-])(CC4)CC5)cc3s2)P(=O)([O-])[O-])cc1F. The van der Waals surface area contributed by atoms with Crippen LogP contribution in [0.25, 0.3) is 20.5 Å². The fraction of sp³-hybridized carbons (Fsp3) is 0.444. The first-order valence-electron chi connectivity index (χ1n) is 14.1. The number of thiophene rings is 1. The first kappa shape index (κ1) is 33.2. The summed E-state index contributed by atoms with van der Waals surface area (Å²) in [4.78, 5) is 26.8. The molecule has 0 saturated carbocycles. The maximum atomic E-state index is 15.1. The summed E-state index contributed by atoms with van der Waals surface area (Å²) in [6, 6.07) is 7.73. The van der Waals surface area contributed by atoms with Gasteiger partial charge < -0.3 is 28.1 Å². The van der Waals surface area contributed by atoms with Crippen LogP contribution in [0.3, 0.4) is 0 Å². The molecule has 3 saturated heterocycles. The van der Waals surface area contributed by atoms with Gasteiger partial charge in [-0.1, -0.05) is 11.2 Å². The number of sulfonamides is 1. The number of azide groups is 1. The minimum atomic E-state index is -5.70. The number of halogens is 2. The van der Waals surface area contributed by atoms with Crippen molar-refractivity contribution in [2.24, 2.45) is 5.11 Å². The number of nitrogens with one attached hydrogen (secondary N) is 1. The monoisotopic (exact) mass is 681 g/mol. The average molecular weight is 682 g/mol. The Kier molecular flexibility index (Phi) is 9.53. The van der Waals surface area contributed by atoms with Crippen LogP contribution in [-0.2, 0) is 14.6 Å². The van der Waals surface area contributed by atoms with Crippen molar-refractivity contribution >= 4 is 39.0 Å². The predicted octanol–water partition coefficient (Wildman–Crippen LogP) is 2.68. The Hall–Kier alpha value is -3.16. The van der Waals surface area contributed by atoms with Gasteiger partial charge in [0.05, 0.1) is 17.9 Å². The Balaban J connectivity index is 1.26. The maximum absolute atomic E-state index is 15.1. The van der Waals surface area contributed by atoms with Crippen LogP contribution >= 0.6 is 18.9 Å². The highest BCUT2D eigenvalue weighted by Gasteiger charge is 2.48. The Morgan fingerprint density at radius 2 is 1.76 bits per heavy atom.